The summed E-state index contributed by atoms with van der Waals surface area (Å²) in [6.45, 7) is 4.96. The Kier molecular flexibility index (Phi) is 5.10. The molecule has 0 saturated heterocycles. The maximum Gasteiger partial charge on any atom is 0.245 e. The maximum atomic E-state index is 6.25. The number of hydrogen-bond acceptors (Lipinski definition) is 5. The Balaban J connectivity index is 2.46. The fourth-order valence-corrected chi connectivity index (χ4v) is 2.54. The lowest BCUT2D eigenvalue weighted by Gasteiger charge is -2.12. The van der Waals surface area contributed by atoms with Gasteiger partial charge in [-0.15, -0.1) is 11.6 Å². The van der Waals surface area contributed by atoms with E-state index in [2.05, 4.69) is 32.7 Å². The zero-order valence-electron chi connectivity index (χ0n) is 12.1. The molecule has 0 amide bonds. The largest absolute Gasteiger partial charge is 0.479 e. The van der Waals surface area contributed by atoms with E-state index < -0.39 is 0 Å². The third-order valence-electron chi connectivity index (χ3n) is 3.24. The number of thioether (sulfide) groups is 1. The van der Waals surface area contributed by atoms with Gasteiger partial charge in [0.05, 0.1) is 12.5 Å². The van der Waals surface area contributed by atoms with Gasteiger partial charge in [0.2, 0.25) is 5.88 Å². The van der Waals surface area contributed by atoms with E-state index in [1.165, 1.54) is 6.33 Å². The molecule has 20 heavy (non-hydrogen) atoms. The van der Waals surface area contributed by atoms with Crippen LogP contribution in [0.15, 0.2) is 6.33 Å². The number of aryl methyl sites for hydroxylation is 1. The number of ether oxygens (including phenoxy) is 1. The average Bonchev–Trinajstić information content (AvgIpc) is 2.83. The summed E-state index contributed by atoms with van der Waals surface area (Å²) in [6.07, 6.45) is 4.66. The van der Waals surface area contributed by atoms with Crippen LogP contribution >= 0.6 is 23.4 Å². The van der Waals surface area contributed by atoms with E-state index in [0.29, 0.717) is 16.6 Å². The molecule has 2 heterocycles. The summed E-state index contributed by atoms with van der Waals surface area (Å²) in [5.41, 5.74) is 1.46. The Hall–Kier alpha value is -1.01. The van der Waals surface area contributed by atoms with Gasteiger partial charge in [-0.2, -0.15) is 16.7 Å². The topological polar surface area (TPSA) is 52.8 Å². The molecule has 110 valence electrons. The van der Waals surface area contributed by atoms with Gasteiger partial charge in [0, 0.05) is 11.8 Å². The lowest BCUT2D eigenvalue weighted by Crippen LogP contribution is -2.09. The second kappa shape index (κ2) is 6.63. The van der Waals surface area contributed by atoms with Crippen molar-refractivity contribution >= 4 is 34.5 Å². The average molecular weight is 315 g/mol. The number of alkyl halides is 1. The van der Waals surface area contributed by atoms with Crippen molar-refractivity contribution in [3.8, 4) is 5.88 Å². The smallest absolute Gasteiger partial charge is 0.245 e. The zero-order valence-corrected chi connectivity index (χ0v) is 13.7. The molecule has 0 aliphatic heterocycles. The van der Waals surface area contributed by atoms with Crippen molar-refractivity contribution < 1.29 is 4.74 Å². The highest BCUT2D eigenvalue weighted by molar-refractivity contribution is 7.99. The number of methoxy groups -OCH3 is 1. The van der Waals surface area contributed by atoms with Gasteiger partial charge >= 0.3 is 0 Å². The SMILES string of the molecule is COc1ncnc2c1nc(C(C)Cl)n2CCC(C)SC. The first-order chi connectivity index (χ1) is 9.58. The molecule has 0 spiro atoms. The first-order valence-corrected chi connectivity index (χ1v) is 8.22. The van der Waals surface area contributed by atoms with Crippen LogP contribution in [0.25, 0.3) is 11.2 Å². The van der Waals surface area contributed by atoms with Crippen molar-refractivity contribution in [3.05, 3.63) is 12.2 Å². The number of hydrogen-bond donors (Lipinski definition) is 0. The number of aromatic nitrogens is 4. The lowest BCUT2D eigenvalue weighted by molar-refractivity contribution is 0.401. The number of rotatable bonds is 6. The predicted molar refractivity (Wildman–Crippen MR) is 83.7 cm³/mol. The van der Waals surface area contributed by atoms with E-state index in [-0.39, 0.29) is 5.38 Å². The van der Waals surface area contributed by atoms with Crippen LogP contribution in [0.5, 0.6) is 5.88 Å². The van der Waals surface area contributed by atoms with Crippen molar-refractivity contribution in [2.75, 3.05) is 13.4 Å². The lowest BCUT2D eigenvalue weighted by atomic mass is 10.3. The second-order valence-electron chi connectivity index (χ2n) is 4.63. The molecule has 0 aliphatic rings. The van der Waals surface area contributed by atoms with E-state index in [0.717, 1.165) is 24.4 Å². The summed E-state index contributed by atoms with van der Waals surface area (Å²) in [5.74, 6) is 1.30. The number of imidazole rings is 1. The molecule has 0 aliphatic carbocycles. The highest BCUT2D eigenvalue weighted by atomic mass is 35.5. The van der Waals surface area contributed by atoms with E-state index in [1.54, 1.807) is 7.11 Å². The van der Waals surface area contributed by atoms with Crippen molar-refractivity contribution in [2.45, 2.75) is 37.4 Å². The number of fused-ring (bicyclic) bond motifs is 1. The van der Waals surface area contributed by atoms with Gasteiger partial charge < -0.3 is 9.30 Å². The molecule has 0 fully saturated rings. The Bertz CT molecular complexity index is 587. The highest BCUT2D eigenvalue weighted by Crippen LogP contribution is 2.28. The highest BCUT2D eigenvalue weighted by Gasteiger charge is 2.19. The van der Waals surface area contributed by atoms with Crippen molar-refractivity contribution in [1.29, 1.82) is 0 Å². The molecule has 0 aromatic carbocycles. The minimum Gasteiger partial charge on any atom is -0.479 e. The molecule has 2 atom stereocenters. The third kappa shape index (κ3) is 3.01. The quantitative estimate of drug-likeness (QED) is 0.766. The van der Waals surface area contributed by atoms with Gasteiger partial charge in [-0.05, 0) is 19.6 Å². The Morgan fingerprint density at radius 1 is 1.40 bits per heavy atom. The molecule has 2 rings (SSSR count). The van der Waals surface area contributed by atoms with Gasteiger partial charge in [0.15, 0.2) is 11.2 Å². The first kappa shape index (κ1) is 15.4. The van der Waals surface area contributed by atoms with Crippen LogP contribution in [0.4, 0.5) is 0 Å². The molecule has 0 N–H and O–H groups in total. The fourth-order valence-electron chi connectivity index (χ4n) is 2.03. The monoisotopic (exact) mass is 314 g/mol. The summed E-state index contributed by atoms with van der Waals surface area (Å²) >= 11 is 8.10. The van der Waals surface area contributed by atoms with E-state index in [1.807, 2.05) is 18.7 Å². The van der Waals surface area contributed by atoms with Crippen LogP contribution in [-0.2, 0) is 6.54 Å². The predicted octanol–water partition coefficient (Wildman–Crippen LogP) is 3.28. The molecule has 0 saturated carbocycles. The molecule has 2 unspecified atom stereocenters. The van der Waals surface area contributed by atoms with Crippen LogP contribution in [0, 0.1) is 0 Å². The fraction of sp³-hybridized carbons (Fsp3) is 0.615. The van der Waals surface area contributed by atoms with Crippen molar-refractivity contribution in [3.63, 3.8) is 0 Å². The molecular formula is C13H19ClN4OS. The van der Waals surface area contributed by atoms with E-state index >= 15 is 0 Å². The second-order valence-corrected chi connectivity index (χ2v) is 6.56. The van der Waals surface area contributed by atoms with Crippen molar-refractivity contribution in [1.82, 2.24) is 19.5 Å². The van der Waals surface area contributed by atoms with Crippen LogP contribution in [0.2, 0.25) is 0 Å². The molecule has 2 aromatic rings. The van der Waals surface area contributed by atoms with Gasteiger partial charge in [0.1, 0.15) is 12.2 Å². The number of halogens is 1. The van der Waals surface area contributed by atoms with Crippen LogP contribution < -0.4 is 4.74 Å². The molecular weight excluding hydrogens is 296 g/mol. The summed E-state index contributed by atoms with van der Waals surface area (Å²) in [4.78, 5) is 13.0. The van der Waals surface area contributed by atoms with Gasteiger partial charge in [-0.3, -0.25) is 0 Å². The zero-order chi connectivity index (χ0) is 14.7. The Labute approximate surface area is 128 Å². The van der Waals surface area contributed by atoms with Gasteiger partial charge in [0.25, 0.3) is 0 Å². The van der Waals surface area contributed by atoms with Crippen molar-refractivity contribution in [2.24, 2.45) is 0 Å². The molecule has 0 bridgehead atoms. The van der Waals surface area contributed by atoms with Crippen LogP contribution in [-0.4, -0.2) is 38.1 Å². The maximum absolute atomic E-state index is 6.25. The van der Waals surface area contributed by atoms with E-state index in [4.69, 9.17) is 16.3 Å². The Morgan fingerprint density at radius 2 is 2.15 bits per heavy atom. The number of nitrogens with zero attached hydrogens (tertiary/aromatic N) is 4. The molecule has 7 heteroatoms. The minimum atomic E-state index is -0.182. The van der Waals surface area contributed by atoms with Crippen LogP contribution in [0.1, 0.15) is 31.5 Å². The first-order valence-electron chi connectivity index (χ1n) is 6.50. The minimum absolute atomic E-state index is 0.182. The molecule has 2 aromatic heterocycles. The summed E-state index contributed by atoms with van der Waals surface area (Å²) in [5, 5.41) is 0.396. The van der Waals surface area contributed by atoms with Crippen LogP contribution in [0.3, 0.4) is 0 Å². The van der Waals surface area contributed by atoms with Gasteiger partial charge in [-0.1, -0.05) is 6.92 Å². The third-order valence-corrected chi connectivity index (χ3v) is 4.47. The summed E-state index contributed by atoms with van der Waals surface area (Å²) in [6, 6.07) is 0. The normalized spacial score (nSPS) is 14.4. The Morgan fingerprint density at radius 3 is 2.75 bits per heavy atom. The van der Waals surface area contributed by atoms with E-state index in [9.17, 15) is 0 Å². The molecule has 5 nitrogen and oxygen atoms in total. The van der Waals surface area contributed by atoms with Gasteiger partial charge in [-0.25, -0.2) is 9.97 Å². The molecule has 0 radical (unpaired) electrons. The summed E-state index contributed by atoms with van der Waals surface area (Å²) in [7, 11) is 1.58. The standard InChI is InChI=1S/C13H19ClN4OS/c1-8(20-4)5-6-18-11(9(2)14)17-10-12(18)15-7-16-13(10)19-3/h7-9H,5-6H2,1-4H3. The summed E-state index contributed by atoms with van der Waals surface area (Å²) < 4.78 is 7.32.